The average molecular weight is 537 g/mol. The highest BCUT2D eigenvalue weighted by atomic mass is 16.6. The molecule has 0 saturated carbocycles. The number of rotatable bonds is 10. The van der Waals surface area contributed by atoms with E-state index in [1.54, 1.807) is 79.1 Å². The average Bonchev–Trinajstić information content (AvgIpc) is 2.98. The molecule has 0 spiro atoms. The topological polar surface area (TPSA) is 90.9 Å². The van der Waals surface area contributed by atoms with Gasteiger partial charge in [0.15, 0.2) is 29.1 Å². The lowest BCUT2D eigenvalue weighted by molar-refractivity contribution is -0.149. The maximum atomic E-state index is 13.0. The Kier molecular flexibility index (Phi) is 8.70. The lowest BCUT2D eigenvalue weighted by atomic mass is 9.93. The number of hydrogen-bond donors (Lipinski definition) is 0. The number of benzene rings is 3. The maximum absolute atomic E-state index is 13.0. The Morgan fingerprint density at radius 2 is 1.38 bits per heavy atom. The largest absolute Gasteiger partial charge is 0.496 e. The molecule has 3 aromatic carbocycles. The van der Waals surface area contributed by atoms with Crippen LogP contribution in [-0.4, -0.2) is 54.7 Å². The van der Waals surface area contributed by atoms with Crippen molar-refractivity contribution >= 4 is 12.0 Å². The van der Waals surface area contributed by atoms with Gasteiger partial charge in [-0.3, -0.25) is 0 Å². The Morgan fingerprint density at radius 3 is 2.03 bits per heavy atom. The van der Waals surface area contributed by atoms with Gasteiger partial charge in [0.2, 0.25) is 0 Å². The van der Waals surface area contributed by atoms with E-state index in [1.165, 1.54) is 6.08 Å². The fourth-order valence-electron chi connectivity index (χ4n) is 4.45. The molecular weight excluding hydrogens is 504 g/mol. The van der Waals surface area contributed by atoms with Crippen LogP contribution in [-0.2, 0) is 16.0 Å². The van der Waals surface area contributed by atoms with Crippen LogP contribution in [0.15, 0.2) is 54.6 Å². The summed E-state index contributed by atoms with van der Waals surface area (Å²) < 4.78 is 44.9. The van der Waals surface area contributed by atoms with Gasteiger partial charge in [0, 0.05) is 35.8 Å². The zero-order chi connectivity index (χ0) is 27.9. The molecule has 0 fully saturated rings. The third kappa shape index (κ3) is 5.98. The molecule has 0 bridgehead atoms. The number of hydrogen-bond acceptors (Lipinski definition) is 9. The Morgan fingerprint density at radius 1 is 0.744 bits per heavy atom. The predicted molar refractivity (Wildman–Crippen MR) is 145 cm³/mol. The quantitative estimate of drug-likeness (QED) is 0.261. The molecule has 9 heteroatoms. The van der Waals surface area contributed by atoms with Crippen molar-refractivity contribution in [1.29, 1.82) is 0 Å². The van der Waals surface area contributed by atoms with Crippen LogP contribution in [0.25, 0.3) is 6.08 Å². The number of methoxy groups -OCH3 is 6. The van der Waals surface area contributed by atoms with Crippen molar-refractivity contribution in [2.75, 3.05) is 42.7 Å². The molecule has 0 N–H and O–H groups in total. The van der Waals surface area contributed by atoms with E-state index >= 15 is 0 Å². The standard InChI is InChI=1S/C30H32O9/c1-32-20-15-24(35-4)21-17-28(38-29(31)12-8-18-7-10-22(33-2)26(13-18)36-5)30(39-25(21)16-20)19-9-11-23(34-3)27(14-19)37-6/h7-16,28,30H,17H2,1-6H3/b12-8+/t28-,30+/m0/s1. The second-order valence-electron chi connectivity index (χ2n) is 8.59. The van der Waals surface area contributed by atoms with Crippen LogP contribution in [0.2, 0.25) is 0 Å². The first-order valence-electron chi connectivity index (χ1n) is 12.2. The van der Waals surface area contributed by atoms with Crippen LogP contribution in [0.3, 0.4) is 0 Å². The summed E-state index contributed by atoms with van der Waals surface area (Å²) in [6.45, 7) is 0. The van der Waals surface area contributed by atoms with Gasteiger partial charge in [-0.05, 0) is 35.9 Å². The van der Waals surface area contributed by atoms with E-state index in [0.29, 0.717) is 46.7 Å². The predicted octanol–water partition coefficient (Wildman–Crippen LogP) is 5.04. The molecule has 0 saturated heterocycles. The summed E-state index contributed by atoms with van der Waals surface area (Å²) >= 11 is 0. The van der Waals surface area contributed by atoms with E-state index in [0.717, 1.165) is 16.7 Å². The van der Waals surface area contributed by atoms with Gasteiger partial charge in [-0.15, -0.1) is 0 Å². The minimum absolute atomic E-state index is 0.359. The molecule has 1 aliphatic rings. The van der Waals surface area contributed by atoms with E-state index in [9.17, 15) is 4.79 Å². The van der Waals surface area contributed by atoms with Gasteiger partial charge in [0.1, 0.15) is 23.4 Å². The van der Waals surface area contributed by atoms with E-state index in [-0.39, 0.29) is 0 Å². The molecule has 0 amide bonds. The number of carbonyl (C=O) groups is 1. The van der Waals surface area contributed by atoms with Gasteiger partial charge in [-0.25, -0.2) is 4.79 Å². The van der Waals surface area contributed by atoms with Crippen LogP contribution in [0.4, 0.5) is 0 Å². The molecule has 39 heavy (non-hydrogen) atoms. The summed E-state index contributed by atoms with van der Waals surface area (Å²) in [5.41, 5.74) is 2.28. The molecule has 0 radical (unpaired) electrons. The molecule has 2 atom stereocenters. The fraction of sp³-hybridized carbons (Fsp3) is 0.300. The van der Waals surface area contributed by atoms with Gasteiger partial charge in [-0.1, -0.05) is 12.1 Å². The maximum Gasteiger partial charge on any atom is 0.331 e. The Balaban J connectivity index is 1.65. The van der Waals surface area contributed by atoms with E-state index in [4.69, 9.17) is 37.9 Å². The van der Waals surface area contributed by atoms with Gasteiger partial charge in [0.05, 0.1) is 42.7 Å². The van der Waals surface area contributed by atoms with Gasteiger partial charge < -0.3 is 37.9 Å². The van der Waals surface area contributed by atoms with Gasteiger partial charge in [-0.2, -0.15) is 0 Å². The zero-order valence-corrected chi connectivity index (χ0v) is 22.8. The van der Waals surface area contributed by atoms with Crippen molar-refractivity contribution in [3.05, 3.63) is 71.3 Å². The molecule has 0 aliphatic carbocycles. The first-order valence-corrected chi connectivity index (χ1v) is 12.2. The summed E-state index contributed by atoms with van der Waals surface area (Å²) in [7, 11) is 9.39. The van der Waals surface area contributed by atoms with Crippen LogP contribution in [0.1, 0.15) is 22.8 Å². The summed E-state index contributed by atoms with van der Waals surface area (Å²) in [6.07, 6.45) is 2.08. The minimum atomic E-state index is -0.666. The molecule has 3 aromatic rings. The molecule has 9 nitrogen and oxygen atoms in total. The van der Waals surface area contributed by atoms with Crippen molar-refractivity contribution in [2.24, 2.45) is 0 Å². The molecule has 0 unspecified atom stereocenters. The molecule has 1 heterocycles. The third-order valence-electron chi connectivity index (χ3n) is 6.42. The van der Waals surface area contributed by atoms with E-state index in [2.05, 4.69) is 0 Å². The Hall–Kier alpha value is -4.53. The van der Waals surface area contributed by atoms with Crippen LogP contribution in [0.5, 0.6) is 40.2 Å². The third-order valence-corrected chi connectivity index (χ3v) is 6.42. The van der Waals surface area contributed by atoms with E-state index in [1.807, 2.05) is 18.2 Å². The molecule has 206 valence electrons. The number of esters is 1. The second kappa shape index (κ2) is 12.3. The zero-order valence-electron chi connectivity index (χ0n) is 22.8. The van der Waals surface area contributed by atoms with E-state index < -0.39 is 18.2 Å². The number of ether oxygens (including phenoxy) is 8. The molecule has 0 aromatic heterocycles. The van der Waals surface area contributed by atoms with Crippen molar-refractivity contribution < 1.29 is 42.7 Å². The van der Waals surface area contributed by atoms with Crippen LogP contribution >= 0.6 is 0 Å². The van der Waals surface area contributed by atoms with Crippen molar-refractivity contribution in [3.8, 4) is 40.2 Å². The molecule has 1 aliphatic heterocycles. The summed E-state index contributed by atoms with van der Waals surface area (Å²) in [5.74, 6) is 3.49. The fourth-order valence-corrected chi connectivity index (χ4v) is 4.45. The molecule has 4 rings (SSSR count). The monoisotopic (exact) mass is 536 g/mol. The van der Waals surface area contributed by atoms with Crippen molar-refractivity contribution in [2.45, 2.75) is 18.6 Å². The summed E-state index contributed by atoms with van der Waals surface area (Å²) in [4.78, 5) is 13.0. The Bertz CT molecular complexity index is 1350. The minimum Gasteiger partial charge on any atom is -0.496 e. The van der Waals surface area contributed by atoms with Gasteiger partial charge >= 0.3 is 5.97 Å². The first kappa shape index (κ1) is 27.5. The van der Waals surface area contributed by atoms with Crippen molar-refractivity contribution in [3.63, 3.8) is 0 Å². The second-order valence-corrected chi connectivity index (χ2v) is 8.59. The number of fused-ring (bicyclic) bond motifs is 1. The summed E-state index contributed by atoms with van der Waals surface area (Å²) in [6, 6.07) is 14.4. The first-order chi connectivity index (χ1) is 18.9. The normalized spacial score (nSPS) is 16.1. The van der Waals surface area contributed by atoms with Crippen LogP contribution in [0, 0.1) is 0 Å². The molecular formula is C30H32O9. The lowest BCUT2D eigenvalue weighted by Crippen LogP contribution is -2.34. The smallest absolute Gasteiger partial charge is 0.331 e. The lowest BCUT2D eigenvalue weighted by Gasteiger charge is -2.34. The highest BCUT2D eigenvalue weighted by Crippen LogP contribution is 2.44. The highest BCUT2D eigenvalue weighted by molar-refractivity contribution is 5.87. The SMILES string of the molecule is COc1cc(OC)c2c(c1)O[C@H](c1ccc(OC)c(OC)c1)[C@@H](OC(=O)/C=C/c1ccc(OC)c(OC)c1)C2. The highest BCUT2D eigenvalue weighted by Gasteiger charge is 2.36. The van der Waals surface area contributed by atoms with Crippen molar-refractivity contribution in [1.82, 2.24) is 0 Å². The Labute approximate surface area is 227 Å². The number of carbonyl (C=O) groups excluding carboxylic acids is 1. The van der Waals surface area contributed by atoms with Crippen LogP contribution < -0.4 is 33.2 Å². The summed E-state index contributed by atoms with van der Waals surface area (Å²) in [5, 5.41) is 0. The van der Waals surface area contributed by atoms with Gasteiger partial charge in [0.25, 0.3) is 0 Å².